The number of piperidine rings is 1. The molecule has 1 aromatic carbocycles. The maximum Gasteiger partial charge on any atom is 0.0960 e. The third-order valence-electron chi connectivity index (χ3n) is 5.46. The van der Waals surface area contributed by atoms with Crippen LogP contribution in [0.4, 0.5) is 0 Å². The van der Waals surface area contributed by atoms with Crippen molar-refractivity contribution >= 4 is 11.0 Å². The van der Waals surface area contributed by atoms with Gasteiger partial charge in [-0.25, -0.2) is 4.98 Å². The van der Waals surface area contributed by atoms with E-state index in [9.17, 15) is 0 Å². The van der Waals surface area contributed by atoms with Crippen LogP contribution in [-0.2, 0) is 6.54 Å². The van der Waals surface area contributed by atoms with Gasteiger partial charge in [-0.3, -0.25) is 4.90 Å². The molecule has 3 nitrogen and oxygen atoms in total. The number of benzene rings is 1. The first-order valence-electron chi connectivity index (χ1n) is 9.08. The van der Waals surface area contributed by atoms with Crippen molar-refractivity contribution < 1.29 is 0 Å². The Morgan fingerprint density at radius 1 is 0.955 bits per heavy atom. The van der Waals surface area contributed by atoms with Crippen molar-refractivity contribution in [2.75, 3.05) is 13.1 Å². The minimum absolute atomic E-state index is 0.673. The summed E-state index contributed by atoms with van der Waals surface area (Å²) in [5, 5.41) is 0. The van der Waals surface area contributed by atoms with Gasteiger partial charge in [0.25, 0.3) is 0 Å². The summed E-state index contributed by atoms with van der Waals surface area (Å²) in [5.74, 6) is 0. The van der Waals surface area contributed by atoms with Gasteiger partial charge >= 0.3 is 0 Å². The van der Waals surface area contributed by atoms with Crippen molar-refractivity contribution in [1.29, 1.82) is 0 Å². The molecule has 0 amide bonds. The zero-order chi connectivity index (χ0) is 14.8. The van der Waals surface area contributed by atoms with Gasteiger partial charge in [-0.1, -0.05) is 31.7 Å². The molecule has 118 valence electrons. The molecule has 0 N–H and O–H groups in total. The Bertz CT molecular complexity index is 619. The second kappa shape index (κ2) is 6.41. The molecule has 1 saturated heterocycles. The zero-order valence-corrected chi connectivity index (χ0v) is 13.5. The van der Waals surface area contributed by atoms with Crippen LogP contribution in [0.15, 0.2) is 24.5 Å². The Morgan fingerprint density at radius 2 is 1.73 bits per heavy atom. The molecule has 4 rings (SSSR count). The average molecular weight is 297 g/mol. The minimum Gasteiger partial charge on any atom is -0.327 e. The van der Waals surface area contributed by atoms with E-state index in [2.05, 4.69) is 34.0 Å². The summed E-state index contributed by atoms with van der Waals surface area (Å²) in [6, 6.07) is 7.60. The summed E-state index contributed by atoms with van der Waals surface area (Å²) in [6.45, 7) is 3.61. The summed E-state index contributed by atoms with van der Waals surface area (Å²) in [5.41, 5.74) is 3.93. The monoisotopic (exact) mass is 297 g/mol. The maximum absolute atomic E-state index is 4.69. The summed E-state index contributed by atoms with van der Waals surface area (Å²) < 4.78 is 2.43. The second-order valence-electron chi connectivity index (χ2n) is 7.10. The number of fused-ring (bicyclic) bond motifs is 1. The first-order chi connectivity index (χ1) is 10.9. The van der Waals surface area contributed by atoms with Gasteiger partial charge in [-0.05, 0) is 56.5 Å². The van der Waals surface area contributed by atoms with Gasteiger partial charge in [-0.15, -0.1) is 0 Å². The Hall–Kier alpha value is -1.35. The first kappa shape index (κ1) is 14.3. The van der Waals surface area contributed by atoms with Crippen molar-refractivity contribution in [2.24, 2.45) is 0 Å². The van der Waals surface area contributed by atoms with Gasteiger partial charge in [0.15, 0.2) is 0 Å². The number of hydrogen-bond donors (Lipinski definition) is 0. The number of rotatable bonds is 3. The molecule has 1 aliphatic carbocycles. The van der Waals surface area contributed by atoms with Crippen molar-refractivity contribution in [1.82, 2.24) is 14.5 Å². The topological polar surface area (TPSA) is 21.1 Å². The molecule has 0 radical (unpaired) electrons. The minimum atomic E-state index is 0.673. The lowest BCUT2D eigenvalue weighted by atomic mass is 9.95. The molecule has 1 aromatic heterocycles. The van der Waals surface area contributed by atoms with Crippen LogP contribution in [0.3, 0.4) is 0 Å². The highest BCUT2D eigenvalue weighted by Crippen LogP contribution is 2.31. The number of aromatic nitrogens is 2. The number of imidazole rings is 1. The fourth-order valence-corrected chi connectivity index (χ4v) is 4.20. The van der Waals surface area contributed by atoms with E-state index in [1.54, 1.807) is 0 Å². The van der Waals surface area contributed by atoms with Crippen LogP contribution in [0.25, 0.3) is 11.0 Å². The Balaban J connectivity index is 1.54. The van der Waals surface area contributed by atoms with Gasteiger partial charge in [-0.2, -0.15) is 0 Å². The van der Waals surface area contributed by atoms with Crippen LogP contribution < -0.4 is 0 Å². The standard InChI is InChI=1S/C19H27N3/c1-3-7-17(8-4-1)22-15-20-18-13-16(9-10-19(18)22)14-21-11-5-2-6-12-21/h9-10,13,15,17H,1-8,11-12,14H2. The van der Waals surface area contributed by atoms with E-state index in [1.165, 1.54) is 81.1 Å². The van der Waals surface area contributed by atoms with E-state index < -0.39 is 0 Å². The molecule has 1 saturated carbocycles. The van der Waals surface area contributed by atoms with E-state index in [0.717, 1.165) is 6.54 Å². The average Bonchev–Trinajstić information content (AvgIpc) is 3.00. The SMILES string of the molecule is c1cc2c(cc1CN1CCCCC1)ncn2C1CCCCC1. The van der Waals surface area contributed by atoms with E-state index in [0.29, 0.717) is 6.04 Å². The lowest BCUT2D eigenvalue weighted by molar-refractivity contribution is 0.221. The highest BCUT2D eigenvalue weighted by Gasteiger charge is 2.17. The fourth-order valence-electron chi connectivity index (χ4n) is 4.20. The first-order valence-corrected chi connectivity index (χ1v) is 9.08. The highest BCUT2D eigenvalue weighted by atomic mass is 15.1. The van der Waals surface area contributed by atoms with Crippen molar-refractivity contribution in [3.05, 3.63) is 30.1 Å². The number of hydrogen-bond acceptors (Lipinski definition) is 2. The van der Waals surface area contributed by atoms with Crippen LogP contribution >= 0.6 is 0 Å². The summed E-state index contributed by atoms with van der Waals surface area (Å²) in [4.78, 5) is 7.28. The van der Waals surface area contributed by atoms with Gasteiger partial charge in [0.2, 0.25) is 0 Å². The molecule has 0 bridgehead atoms. The molecular formula is C19H27N3. The summed E-state index contributed by atoms with van der Waals surface area (Å²) in [7, 11) is 0. The van der Waals surface area contributed by atoms with Crippen molar-refractivity contribution in [3.63, 3.8) is 0 Å². The molecule has 1 aliphatic heterocycles. The van der Waals surface area contributed by atoms with E-state index in [4.69, 9.17) is 4.98 Å². The van der Waals surface area contributed by atoms with E-state index in [1.807, 2.05) is 0 Å². The molecule has 0 unspecified atom stereocenters. The molecule has 0 atom stereocenters. The Morgan fingerprint density at radius 3 is 2.55 bits per heavy atom. The van der Waals surface area contributed by atoms with Gasteiger partial charge in [0.05, 0.1) is 17.4 Å². The number of likely N-dealkylation sites (tertiary alicyclic amines) is 1. The highest BCUT2D eigenvalue weighted by molar-refractivity contribution is 5.76. The molecule has 0 spiro atoms. The summed E-state index contributed by atoms with van der Waals surface area (Å²) >= 11 is 0. The number of nitrogens with zero attached hydrogens (tertiary/aromatic N) is 3. The van der Waals surface area contributed by atoms with Crippen LogP contribution in [0.5, 0.6) is 0 Å². The normalized spacial score (nSPS) is 21.5. The Labute approximate surface area is 133 Å². The lowest BCUT2D eigenvalue weighted by Crippen LogP contribution is -2.29. The molecule has 22 heavy (non-hydrogen) atoms. The largest absolute Gasteiger partial charge is 0.327 e. The quantitative estimate of drug-likeness (QED) is 0.830. The zero-order valence-electron chi connectivity index (χ0n) is 13.5. The second-order valence-corrected chi connectivity index (χ2v) is 7.10. The molecular weight excluding hydrogens is 270 g/mol. The van der Waals surface area contributed by atoms with Crippen LogP contribution in [0.2, 0.25) is 0 Å². The van der Waals surface area contributed by atoms with Crippen molar-refractivity contribution in [3.8, 4) is 0 Å². The van der Waals surface area contributed by atoms with Crippen LogP contribution in [0.1, 0.15) is 63.0 Å². The predicted molar refractivity (Wildman–Crippen MR) is 91.0 cm³/mol. The predicted octanol–water partition coefficient (Wildman–Crippen LogP) is 4.53. The van der Waals surface area contributed by atoms with Crippen molar-refractivity contribution in [2.45, 2.75) is 64.0 Å². The van der Waals surface area contributed by atoms with E-state index >= 15 is 0 Å². The smallest absolute Gasteiger partial charge is 0.0960 e. The third kappa shape index (κ3) is 2.91. The third-order valence-corrected chi connectivity index (χ3v) is 5.46. The maximum atomic E-state index is 4.69. The molecule has 2 heterocycles. The Kier molecular flexibility index (Phi) is 4.15. The summed E-state index contributed by atoms with van der Waals surface area (Å²) in [6.07, 6.45) is 13.0. The lowest BCUT2D eigenvalue weighted by Gasteiger charge is -2.26. The van der Waals surface area contributed by atoms with Crippen LogP contribution in [0, 0.1) is 0 Å². The molecule has 2 aliphatic rings. The molecule has 2 aromatic rings. The van der Waals surface area contributed by atoms with Gasteiger partial charge < -0.3 is 4.57 Å². The van der Waals surface area contributed by atoms with Gasteiger partial charge in [0.1, 0.15) is 0 Å². The van der Waals surface area contributed by atoms with Crippen LogP contribution in [-0.4, -0.2) is 27.5 Å². The molecule has 2 fully saturated rings. The van der Waals surface area contributed by atoms with E-state index in [-0.39, 0.29) is 0 Å². The molecule has 3 heteroatoms. The van der Waals surface area contributed by atoms with Gasteiger partial charge in [0, 0.05) is 12.6 Å². The fraction of sp³-hybridized carbons (Fsp3) is 0.632.